The van der Waals surface area contributed by atoms with E-state index in [2.05, 4.69) is 31.1 Å². The molecule has 5 rings (SSSR count). The molecule has 2 fully saturated rings. The highest BCUT2D eigenvalue weighted by molar-refractivity contribution is 5.95. The second-order valence-electron chi connectivity index (χ2n) is 12.6. The number of rotatable bonds is 2. The molecule has 1 saturated heterocycles. The third-order valence-corrected chi connectivity index (χ3v) is 9.60. The van der Waals surface area contributed by atoms with Crippen molar-refractivity contribution in [3.05, 3.63) is 34.7 Å². The summed E-state index contributed by atoms with van der Waals surface area (Å²) in [5.74, 6) is -2.55. The first-order valence-electron chi connectivity index (χ1n) is 13.1. The number of allylic oxidation sites excluding steroid dienone is 1. The van der Waals surface area contributed by atoms with Crippen molar-refractivity contribution in [1.82, 2.24) is 10.3 Å². The Morgan fingerprint density at radius 3 is 2.51 bits per heavy atom. The molecule has 0 radical (unpaired) electrons. The molecule has 37 heavy (non-hydrogen) atoms. The predicted molar refractivity (Wildman–Crippen MR) is 132 cm³/mol. The first kappa shape index (κ1) is 26.3. The predicted octanol–water partition coefficient (Wildman–Crippen LogP) is 3.95. The third-order valence-electron chi connectivity index (χ3n) is 9.60. The molecule has 3 aliphatic carbocycles. The van der Waals surface area contributed by atoms with Crippen molar-refractivity contribution in [2.45, 2.75) is 91.8 Å². The van der Waals surface area contributed by atoms with Gasteiger partial charge >= 0.3 is 5.97 Å². The van der Waals surface area contributed by atoms with Crippen molar-refractivity contribution >= 4 is 11.8 Å². The van der Waals surface area contributed by atoms with Gasteiger partial charge in [0.15, 0.2) is 23.3 Å². The van der Waals surface area contributed by atoms with Crippen LogP contribution in [0.4, 0.5) is 0 Å². The van der Waals surface area contributed by atoms with E-state index in [4.69, 9.17) is 18.8 Å². The summed E-state index contributed by atoms with van der Waals surface area (Å²) in [7, 11) is 0. The molecule has 1 aromatic heterocycles. The lowest BCUT2D eigenvalue weighted by molar-refractivity contribution is -0.303. The molecular formula is C28H38N2O7. The van der Waals surface area contributed by atoms with Crippen LogP contribution in [0.3, 0.4) is 0 Å². The van der Waals surface area contributed by atoms with Gasteiger partial charge in [0.2, 0.25) is 5.69 Å². The zero-order valence-corrected chi connectivity index (χ0v) is 23.0. The van der Waals surface area contributed by atoms with E-state index in [-0.39, 0.29) is 41.0 Å². The average Bonchev–Trinajstić information content (AvgIpc) is 3.33. The van der Waals surface area contributed by atoms with Gasteiger partial charge in [-0.25, -0.2) is 9.42 Å². The minimum Gasteiger partial charge on any atom is -0.450 e. The maximum Gasteiger partial charge on any atom is 0.363 e. The number of aryl methyl sites for hydroxylation is 1. The van der Waals surface area contributed by atoms with Crippen LogP contribution in [0, 0.1) is 35.5 Å². The molecule has 7 atom stereocenters. The molecule has 1 aromatic rings. The van der Waals surface area contributed by atoms with Crippen molar-refractivity contribution in [1.29, 1.82) is 0 Å². The molecular weight excluding hydrogens is 476 g/mol. The Hall–Kier alpha value is -2.36. The van der Waals surface area contributed by atoms with Crippen LogP contribution < -0.4 is 0 Å². The Morgan fingerprint density at radius 2 is 1.86 bits per heavy atom. The summed E-state index contributed by atoms with van der Waals surface area (Å²) >= 11 is 0. The van der Waals surface area contributed by atoms with Crippen LogP contribution in [0.2, 0.25) is 0 Å². The largest absolute Gasteiger partial charge is 0.450 e. The van der Waals surface area contributed by atoms with E-state index < -0.39 is 40.9 Å². The first-order chi connectivity index (χ1) is 17.2. The van der Waals surface area contributed by atoms with Gasteiger partial charge in [0, 0.05) is 5.92 Å². The maximum absolute atomic E-state index is 14.8. The summed E-state index contributed by atoms with van der Waals surface area (Å²) in [6.45, 7) is 15.7. The quantitative estimate of drug-likeness (QED) is 0.462. The molecule has 1 spiro atoms. The normalized spacial score (nSPS) is 40.4. The van der Waals surface area contributed by atoms with E-state index in [1.54, 1.807) is 27.7 Å². The molecule has 0 aromatic carbocycles. The Bertz CT molecular complexity index is 1200. The monoisotopic (exact) mass is 514 g/mol. The summed E-state index contributed by atoms with van der Waals surface area (Å²) in [5, 5.41) is 20.4. The smallest absolute Gasteiger partial charge is 0.363 e. The van der Waals surface area contributed by atoms with E-state index in [0.29, 0.717) is 11.1 Å². The number of esters is 1. The van der Waals surface area contributed by atoms with Gasteiger partial charge in [-0.2, -0.15) is 0 Å². The number of hydrogen-bond acceptors (Lipinski definition) is 9. The number of aromatic nitrogens is 2. The van der Waals surface area contributed by atoms with Crippen molar-refractivity contribution in [3.63, 3.8) is 0 Å². The van der Waals surface area contributed by atoms with E-state index in [0.717, 1.165) is 12.8 Å². The molecule has 2 heterocycles. The molecule has 9 heteroatoms. The van der Waals surface area contributed by atoms with Crippen LogP contribution in [-0.4, -0.2) is 57.4 Å². The molecule has 0 amide bonds. The topological polar surface area (TPSA) is 121 Å². The van der Waals surface area contributed by atoms with Crippen LogP contribution >= 0.6 is 0 Å². The van der Waals surface area contributed by atoms with Gasteiger partial charge in [0.05, 0.1) is 12.0 Å². The van der Waals surface area contributed by atoms with Gasteiger partial charge in [-0.1, -0.05) is 45.0 Å². The van der Waals surface area contributed by atoms with Crippen LogP contribution in [-0.2, 0) is 19.0 Å². The van der Waals surface area contributed by atoms with Gasteiger partial charge < -0.3 is 19.3 Å². The average molecular weight is 515 g/mol. The molecule has 1 N–H and O–H groups in total. The summed E-state index contributed by atoms with van der Waals surface area (Å²) in [4.78, 5) is 28.0. The second kappa shape index (κ2) is 8.32. The van der Waals surface area contributed by atoms with E-state index in [1.165, 1.54) is 0 Å². The highest BCUT2D eigenvalue weighted by Gasteiger charge is 2.73. The van der Waals surface area contributed by atoms with Crippen molar-refractivity contribution in [2.24, 2.45) is 28.6 Å². The summed E-state index contributed by atoms with van der Waals surface area (Å²) in [5.41, 5.74) is -1.81. The molecule has 4 aliphatic rings. The summed E-state index contributed by atoms with van der Waals surface area (Å²) in [6.07, 6.45) is 3.34. The lowest BCUT2D eigenvalue weighted by atomic mass is 9.54. The van der Waals surface area contributed by atoms with Gasteiger partial charge in [-0.15, -0.1) is 0 Å². The summed E-state index contributed by atoms with van der Waals surface area (Å²) in [6, 6.07) is 0. The maximum atomic E-state index is 14.8. The fourth-order valence-electron chi connectivity index (χ4n) is 7.00. The second-order valence-corrected chi connectivity index (χ2v) is 12.6. The number of nitrogens with zero attached hydrogens (tertiary/aromatic N) is 2. The summed E-state index contributed by atoms with van der Waals surface area (Å²) < 4.78 is 23.1. The van der Waals surface area contributed by atoms with Gasteiger partial charge in [-0.3, -0.25) is 4.79 Å². The van der Waals surface area contributed by atoms with Crippen molar-refractivity contribution in [3.8, 4) is 0 Å². The number of carbonyl (C=O) groups excluding carboxylic acids is 2. The number of aliphatic hydroxyl groups is 1. The molecule has 1 saturated carbocycles. The van der Waals surface area contributed by atoms with E-state index in [1.807, 2.05) is 19.1 Å². The first-order valence-corrected chi connectivity index (χ1v) is 13.1. The zero-order chi connectivity index (χ0) is 27.1. The lowest BCUT2D eigenvalue weighted by Crippen LogP contribution is -2.68. The number of ether oxygens (including phenoxy) is 3. The minimum atomic E-state index is -1.89. The standard InChI is InChI=1S/C28H38N2O7/c1-14-12-27-15(2)9-10-25(5,6)16(3)19(21(27)31)11-18-13-34-26(7,8)36-23(18)28(27,33)22(14)35-24(32)20-17(4)29-37-30-20/h11-12,15-16,19,22-23,33H,9-10,13H2,1-8H3/t15-,16+,19+,22+,23-,27+,28-/m1/s1. The molecule has 2 bridgehead atoms. The van der Waals surface area contributed by atoms with E-state index in [9.17, 15) is 14.7 Å². The fourth-order valence-corrected chi connectivity index (χ4v) is 7.00. The highest BCUT2D eigenvalue weighted by atomic mass is 16.7. The van der Waals surface area contributed by atoms with Gasteiger partial charge in [0.25, 0.3) is 0 Å². The number of Topliss-reactive ketones (excluding diaryl/α,β-unsaturated/α-hetero) is 1. The van der Waals surface area contributed by atoms with Crippen LogP contribution in [0.15, 0.2) is 27.9 Å². The Morgan fingerprint density at radius 1 is 1.16 bits per heavy atom. The minimum absolute atomic E-state index is 0.00831. The Kier molecular flexibility index (Phi) is 5.90. The van der Waals surface area contributed by atoms with Crippen LogP contribution in [0.5, 0.6) is 0 Å². The fraction of sp³-hybridized carbons (Fsp3) is 0.714. The third kappa shape index (κ3) is 3.61. The number of carbonyl (C=O) groups is 2. The van der Waals surface area contributed by atoms with Gasteiger partial charge in [-0.05, 0) is 74.1 Å². The molecule has 1 aliphatic heterocycles. The van der Waals surface area contributed by atoms with Crippen LogP contribution in [0.1, 0.15) is 77.5 Å². The number of hydrogen-bond donors (Lipinski definition) is 1. The number of fused-ring (bicyclic) bond motifs is 3. The van der Waals surface area contributed by atoms with E-state index >= 15 is 0 Å². The van der Waals surface area contributed by atoms with Crippen molar-refractivity contribution in [2.75, 3.05) is 6.61 Å². The Balaban J connectivity index is 1.72. The molecule has 202 valence electrons. The van der Waals surface area contributed by atoms with Gasteiger partial charge in [0.1, 0.15) is 11.8 Å². The molecule has 9 nitrogen and oxygen atoms in total. The number of ketones is 1. The van der Waals surface area contributed by atoms with Crippen molar-refractivity contribution < 1.29 is 33.5 Å². The highest BCUT2D eigenvalue weighted by Crippen LogP contribution is 2.62. The zero-order valence-electron chi connectivity index (χ0n) is 23.0. The van der Waals surface area contributed by atoms with Crippen LogP contribution in [0.25, 0.3) is 0 Å². The SMILES string of the molecule is CC1=C[C@]23C(=O)[C@@H](C=C4COC(C)(C)O[C@H]4[C@]2(O)[C@H]1OC(=O)c1nonc1C)[C@H](C)C(C)(C)CC[C@H]3C. The molecule has 0 unspecified atom stereocenters. The Labute approximate surface area is 217 Å². The lowest BCUT2D eigenvalue weighted by Gasteiger charge is -2.54.